The molecular weight excluding hydrogens is 284 g/mol. The van der Waals surface area contributed by atoms with Crippen LogP contribution in [0, 0.1) is 6.92 Å². The van der Waals surface area contributed by atoms with E-state index in [2.05, 4.69) is 15.5 Å². The third-order valence-corrected chi connectivity index (χ3v) is 3.30. The summed E-state index contributed by atoms with van der Waals surface area (Å²) in [6.45, 7) is 4.45. The zero-order valence-corrected chi connectivity index (χ0v) is 12.7. The van der Waals surface area contributed by atoms with Crippen LogP contribution in [0.5, 0.6) is 0 Å². The average Bonchev–Trinajstić information content (AvgIpc) is 2.92. The van der Waals surface area contributed by atoms with E-state index in [9.17, 15) is 9.90 Å². The molecule has 2 heterocycles. The van der Waals surface area contributed by atoms with Gasteiger partial charge in [-0.1, -0.05) is 11.2 Å². The highest BCUT2D eigenvalue weighted by atomic mass is 16.5. The smallest absolute Gasteiger partial charge is 0.243 e. The van der Waals surface area contributed by atoms with Crippen molar-refractivity contribution in [3.63, 3.8) is 0 Å². The second-order valence-electron chi connectivity index (χ2n) is 5.05. The summed E-state index contributed by atoms with van der Waals surface area (Å²) in [5.74, 6) is 0.105. The summed E-state index contributed by atoms with van der Waals surface area (Å²) in [4.78, 5) is 18.2. The van der Waals surface area contributed by atoms with E-state index in [0.717, 1.165) is 5.56 Å². The van der Waals surface area contributed by atoms with Crippen molar-refractivity contribution in [3.05, 3.63) is 41.9 Å². The molecule has 0 spiro atoms. The van der Waals surface area contributed by atoms with Crippen molar-refractivity contribution in [1.29, 1.82) is 0 Å². The van der Waals surface area contributed by atoms with Crippen LogP contribution >= 0.6 is 0 Å². The van der Waals surface area contributed by atoms with Crippen molar-refractivity contribution in [2.24, 2.45) is 0 Å². The molecule has 2 N–H and O–H groups in total. The predicted octanol–water partition coefficient (Wildman–Crippen LogP) is 1.20. The number of carbonyl (C=O) groups is 1. The molecule has 0 fully saturated rings. The first-order chi connectivity index (χ1) is 10.6. The van der Waals surface area contributed by atoms with Crippen molar-refractivity contribution in [1.82, 2.24) is 15.0 Å². The molecule has 0 aliphatic heterocycles. The topological polar surface area (TPSA) is 91.5 Å². The van der Waals surface area contributed by atoms with E-state index < -0.39 is 6.04 Å². The van der Waals surface area contributed by atoms with Crippen LogP contribution in [0.4, 0.5) is 5.88 Å². The minimum atomic E-state index is -0.433. The van der Waals surface area contributed by atoms with Crippen LogP contribution in [0.3, 0.4) is 0 Å². The van der Waals surface area contributed by atoms with Crippen molar-refractivity contribution in [3.8, 4) is 0 Å². The van der Waals surface area contributed by atoms with E-state index in [0.29, 0.717) is 24.7 Å². The Morgan fingerprint density at radius 2 is 2.36 bits per heavy atom. The van der Waals surface area contributed by atoms with Gasteiger partial charge < -0.3 is 9.63 Å². The molecule has 2 aromatic rings. The highest BCUT2D eigenvalue weighted by Gasteiger charge is 2.22. The van der Waals surface area contributed by atoms with E-state index in [1.807, 2.05) is 17.0 Å². The number of aliphatic hydroxyl groups is 1. The Morgan fingerprint density at radius 1 is 1.55 bits per heavy atom. The lowest BCUT2D eigenvalue weighted by atomic mass is 10.2. The summed E-state index contributed by atoms with van der Waals surface area (Å²) in [6.07, 6.45) is 3.44. The number of pyridine rings is 1. The van der Waals surface area contributed by atoms with Gasteiger partial charge in [-0.05, 0) is 25.5 Å². The standard InChI is InChI=1S/C15H20N4O3/c1-11-8-14(22-18-11)17-15(21)12(2)19(6-7-20)10-13-4-3-5-16-9-13/h3-5,8-9,12,20H,6-7,10H2,1-2H3,(H,17,21). The number of anilines is 1. The second-order valence-corrected chi connectivity index (χ2v) is 5.05. The SMILES string of the molecule is Cc1cc(NC(=O)C(C)N(CCO)Cc2cccnc2)on1. The van der Waals surface area contributed by atoms with Gasteiger partial charge in [-0.3, -0.25) is 20.0 Å². The van der Waals surface area contributed by atoms with Gasteiger partial charge in [-0.2, -0.15) is 0 Å². The molecule has 0 aliphatic rings. The van der Waals surface area contributed by atoms with Gasteiger partial charge in [0.2, 0.25) is 11.8 Å². The molecule has 0 radical (unpaired) electrons. The molecule has 1 amide bonds. The first-order valence-electron chi connectivity index (χ1n) is 7.08. The molecule has 7 nitrogen and oxygen atoms in total. The Hall–Kier alpha value is -2.25. The fourth-order valence-corrected chi connectivity index (χ4v) is 2.08. The second kappa shape index (κ2) is 7.67. The van der Waals surface area contributed by atoms with Gasteiger partial charge in [0.25, 0.3) is 0 Å². The lowest BCUT2D eigenvalue weighted by Crippen LogP contribution is -2.43. The average molecular weight is 304 g/mol. The Morgan fingerprint density at radius 3 is 2.95 bits per heavy atom. The van der Waals surface area contributed by atoms with Gasteiger partial charge in [0, 0.05) is 31.5 Å². The van der Waals surface area contributed by atoms with Crippen LogP contribution in [-0.4, -0.2) is 45.2 Å². The number of nitrogens with zero attached hydrogens (tertiary/aromatic N) is 3. The maximum Gasteiger partial charge on any atom is 0.243 e. The first-order valence-corrected chi connectivity index (χ1v) is 7.08. The summed E-state index contributed by atoms with van der Waals surface area (Å²) >= 11 is 0. The van der Waals surface area contributed by atoms with E-state index in [-0.39, 0.29) is 12.5 Å². The van der Waals surface area contributed by atoms with E-state index in [4.69, 9.17) is 4.52 Å². The van der Waals surface area contributed by atoms with Gasteiger partial charge in [-0.25, -0.2) is 0 Å². The largest absolute Gasteiger partial charge is 0.395 e. The van der Waals surface area contributed by atoms with Crippen LogP contribution in [0.1, 0.15) is 18.2 Å². The zero-order chi connectivity index (χ0) is 15.9. The highest BCUT2D eigenvalue weighted by molar-refractivity contribution is 5.93. The Kier molecular flexibility index (Phi) is 5.62. The summed E-state index contributed by atoms with van der Waals surface area (Å²) in [5.41, 5.74) is 1.68. The lowest BCUT2D eigenvalue weighted by molar-refractivity contribution is -0.121. The Labute approximate surface area is 128 Å². The third kappa shape index (κ3) is 4.37. The molecule has 2 aromatic heterocycles. The van der Waals surface area contributed by atoms with E-state index >= 15 is 0 Å². The maximum absolute atomic E-state index is 12.3. The summed E-state index contributed by atoms with van der Waals surface area (Å²) < 4.78 is 4.98. The number of nitrogens with one attached hydrogen (secondary N) is 1. The fraction of sp³-hybridized carbons (Fsp3) is 0.400. The molecular formula is C15H20N4O3. The molecule has 0 saturated carbocycles. The van der Waals surface area contributed by atoms with E-state index in [1.54, 1.807) is 32.3 Å². The van der Waals surface area contributed by atoms with Crippen LogP contribution < -0.4 is 5.32 Å². The van der Waals surface area contributed by atoms with Gasteiger partial charge in [-0.15, -0.1) is 0 Å². The number of hydrogen-bond acceptors (Lipinski definition) is 6. The molecule has 2 rings (SSSR count). The van der Waals surface area contributed by atoms with Crippen molar-refractivity contribution < 1.29 is 14.4 Å². The quantitative estimate of drug-likeness (QED) is 0.798. The number of carbonyl (C=O) groups excluding carboxylic acids is 1. The van der Waals surface area contributed by atoms with Gasteiger partial charge in [0.05, 0.1) is 18.3 Å². The molecule has 7 heteroatoms. The first kappa shape index (κ1) is 16.1. The summed E-state index contributed by atoms with van der Waals surface area (Å²) in [7, 11) is 0. The zero-order valence-electron chi connectivity index (χ0n) is 12.7. The van der Waals surface area contributed by atoms with Crippen molar-refractivity contribution in [2.75, 3.05) is 18.5 Å². The molecule has 0 bridgehead atoms. The summed E-state index contributed by atoms with van der Waals surface area (Å²) in [5, 5.41) is 15.6. The van der Waals surface area contributed by atoms with Gasteiger partial charge >= 0.3 is 0 Å². The predicted molar refractivity (Wildman–Crippen MR) is 81.1 cm³/mol. The van der Waals surface area contributed by atoms with Crippen LogP contribution in [-0.2, 0) is 11.3 Å². The van der Waals surface area contributed by atoms with E-state index in [1.165, 1.54) is 0 Å². The van der Waals surface area contributed by atoms with Gasteiger partial charge in [0.1, 0.15) is 0 Å². The molecule has 22 heavy (non-hydrogen) atoms. The molecule has 0 saturated heterocycles. The molecule has 0 aliphatic carbocycles. The normalized spacial score (nSPS) is 12.4. The molecule has 118 valence electrons. The summed E-state index contributed by atoms with van der Waals surface area (Å²) in [6, 6.07) is 5.00. The minimum absolute atomic E-state index is 0.0285. The van der Waals surface area contributed by atoms with Crippen LogP contribution in [0.15, 0.2) is 35.1 Å². The minimum Gasteiger partial charge on any atom is -0.395 e. The van der Waals surface area contributed by atoms with Crippen LogP contribution in [0.25, 0.3) is 0 Å². The molecule has 0 aromatic carbocycles. The Balaban J connectivity index is 2.01. The monoisotopic (exact) mass is 304 g/mol. The van der Waals surface area contributed by atoms with Crippen molar-refractivity contribution >= 4 is 11.8 Å². The van der Waals surface area contributed by atoms with Crippen molar-refractivity contribution in [2.45, 2.75) is 26.4 Å². The molecule has 1 unspecified atom stereocenters. The third-order valence-electron chi connectivity index (χ3n) is 3.30. The lowest BCUT2D eigenvalue weighted by Gasteiger charge is -2.27. The molecule has 1 atom stereocenters. The maximum atomic E-state index is 12.3. The Bertz CT molecular complexity index is 600. The highest BCUT2D eigenvalue weighted by Crippen LogP contribution is 2.12. The fourth-order valence-electron chi connectivity index (χ4n) is 2.08. The number of aliphatic hydroxyl groups excluding tert-OH is 1. The van der Waals surface area contributed by atoms with Crippen LogP contribution in [0.2, 0.25) is 0 Å². The van der Waals surface area contributed by atoms with Gasteiger partial charge in [0.15, 0.2) is 0 Å². The number of amides is 1. The number of aryl methyl sites for hydroxylation is 1. The number of hydrogen-bond donors (Lipinski definition) is 2. The number of rotatable bonds is 7. The number of aromatic nitrogens is 2.